The van der Waals surface area contributed by atoms with Gasteiger partial charge in [-0.3, -0.25) is 9.78 Å². The van der Waals surface area contributed by atoms with Crippen LogP contribution in [0.4, 0.5) is 0 Å². The predicted molar refractivity (Wildman–Crippen MR) is 62.1 cm³/mol. The highest BCUT2D eigenvalue weighted by atomic mass is 16.6. The van der Waals surface area contributed by atoms with E-state index in [1.165, 1.54) is 0 Å². The third-order valence-corrected chi connectivity index (χ3v) is 3.38. The third kappa shape index (κ3) is 2.17. The first kappa shape index (κ1) is 12.0. The van der Waals surface area contributed by atoms with Gasteiger partial charge in [-0.1, -0.05) is 13.0 Å². The summed E-state index contributed by atoms with van der Waals surface area (Å²) in [5.41, 5.74) is -0.749. The average Bonchev–Trinajstić information content (AvgIpc) is 2.72. The monoisotopic (exact) mass is 235 g/mol. The number of hydrogen-bond acceptors (Lipinski definition) is 4. The molecule has 4 heteroatoms. The molecule has 92 valence electrons. The van der Waals surface area contributed by atoms with E-state index in [0.29, 0.717) is 12.1 Å². The molecule has 1 N–H and O–H groups in total. The van der Waals surface area contributed by atoms with Gasteiger partial charge in [0.2, 0.25) is 0 Å². The first-order chi connectivity index (χ1) is 8.05. The van der Waals surface area contributed by atoms with Crippen molar-refractivity contribution in [2.45, 2.75) is 38.4 Å². The van der Waals surface area contributed by atoms with Crippen molar-refractivity contribution in [3.63, 3.8) is 0 Å². The van der Waals surface area contributed by atoms with Crippen LogP contribution in [-0.2, 0) is 15.1 Å². The Kier molecular flexibility index (Phi) is 3.15. The van der Waals surface area contributed by atoms with Gasteiger partial charge in [0.15, 0.2) is 0 Å². The van der Waals surface area contributed by atoms with E-state index in [1.54, 1.807) is 31.3 Å². The Morgan fingerprint density at radius 3 is 2.88 bits per heavy atom. The highest BCUT2D eigenvalue weighted by molar-refractivity contribution is 5.76. The van der Waals surface area contributed by atoms with Crippen molar-refractivity contribution in [3.05, 3.63) is 30.1 Å². The van der Waals surface area contributed by atoms with Crippen LogP contribution in [0, 0.1) is 5.92 Å². The number of aromatic nitrogens is 1. The Morgan fingerprint density at radius 1 is 1.59 bits per heavy atom. The maximum absolute atomic E-state index is 11.8. The fourth-order valence-corrected chi connectivity index (χ4v) is 2.20. The molecule has 4 nitrogen and oxygen atoms in total. The van der Waals surface area contributed by atoms with Crippen molar-refractivity contribution in [3.8, 4) is 0 Å². The van der Waals surface area contributed by atoms with E-state index in [1.807, 2.05) is 6.92 Å². The van der Waals surface area contributed by atoms with Gasteiger partial charge in [0, 0.05) is 12.6 Å². The minimum absolute atomic E-state index is 0.0808. The standard InChI is InChI=1S/C13H17NO3/c1-3-9-8-10(12(15)17-9)13(2,16)11-6-4-5-7-14-11/h4-7,9-10,16H,3,8H2,1-2H3. The van der Waals surface area contributed by atoms with Crippen LogP contribution in [0.25, 0.3) is 0 Å². The molecule has 17 heavy (non-hydrogen) atoms. The lowest BCUT2D eigenvalue weighted by atomic mass is 9.83. The molecule has 0 aliphatic carbocycles. The number of nitrogens with zero attached hydrogens (tertiary/aromatic N) is 1. The average molecular weight is 235 g/mol. The normalized spacial score (nSPS) is 27.6. The summed E-state index contributed by atoms with van der Waals surface area (Å²) in [4.78, 5) is 15.9. The van der Waals surface area contributed by atoms with E-state index in [9.17, 15) is 9.90 Å². The summed E-state index contributed by atoms with van der Waals surface area (Å²) in [5, 5.41) is 10.5. The molecule has 2 rings (SSSR count). The Bertz CT molecular complexity index is 402. The first-order valence-electron chi connectivity index (χ1n) is 5.90. The van der Waals surface area contributed by atoms with Crippen LogP contribution in [0.3, 0.4) is 0 Å². The van der Waals surface area contributed by atoms with E-state index >= 15 is 0 Å². The van der Waals surface area contributed by atoms with E-state index < -0.39 is 11.5 Å². The van der Waals surface area contributed by atoms with Gasteiger partial charge in [-0.05, 0) is 25.5 Å². The molecule has 3 atom stereocenters. The van der Waals surface area contributed by atoms with Crippen LogP contribution in [0.1, 0.15) is 32.4 Å². The maximum Gasteiger partial charge on any atom is 0.312 e. The number of carbonyl (C=O) groups is 1. The smallest absolute Gasteiger partial charge is 0.312 e. The lowest BCUT2D eigenvalue weighted by Gasteiger charge is -2.26. The number of rotatable bonds is 3. The molecule has 3 unspecified atom stereocenters. The fourth-order valence-electron chi connectivity index (χ4n) is 2.20. The molecule has 0 radical (unpaired) electrons. The van der Waals surface area contributed by atoms with Crippen molar-refractivity contribution in [1.29, 1.82) is 0 Å². The van der Waals surface area contributed by atoms with E-state index in [2.05, 4.69) is 4.98 Å². The Hall–Kier alpha value is -1.42. The summed E-state index contributed by atoms with van der Waals surface area (Å²) >= 11 is 0. The van der Waals surface area contributed by atoms with Crippen molar-refractivity contribution < 1.29 is 14.6 Å². The molecule has 0 bridgehead atoms. The summed E-state index contributed by atoms with van der Waals surface area (Å²) in [7, 11) is 0. The van der Waals surface area contributed by atoms with Crippen LogP contribution in [0.5, 0.6) is 0 Å². The maximum atomic E-state index is 11.8. The topological polar surface area (TPSA) is 59.4 Å². The number of carbonyl (C=O) groups excluding carboxylic acids is 1. The molecule has 0 amide bonds. The van der Waals surface area contributed by atoms with Gasteiger partial charge in [-0.15, -0.1) is 0 Å². The summed E-state index contributed by atoms with van der Waals surface area (Å²) < 4.78 is 5.20. The highest BCUT2D eigenvalue weighted by Crippen LogP contribution is 2.37. The zero-order chi connectivity index (χ0) is 12.5. The zero-order valence-corrected chi connectivity index (χ0v) is 10.1. The molecule has 1 aliphatic heterocycles. The largest absolute Gasteiger partial charge is 0.462 e. The van der Waals surface area contributed by atoms with Gasteiger partial charge >= 0.3 is 5.97 Å². The summed E-state index contributed by atoms with van der Waals surface area (Å²) in [6, 6.07) is 5.31. The number of pyridine rings is 1. The van der Waals surface area contributed by atoms with Crippen LogP contribution >= 0.6 is 0 Å². The molecule has 0 saturated carbocycles. The fraction of sp³-hybridized carbons (Fsp3) is 0.538. The van der Waals surface area contributed by atoms with Crippen LogP contribution in [0.2, 0.25) is 0 Å². The van der Waals surface area contributed by atoms with Crippen molar-refractivity contribution in [2.24, 2.45) is 5.92 Å². The lowest BCUT2D eigenvalue weighted by molar-refractivity contribution is -0.150. The third-order valence-electron chi connectivity index (χ3n) is 3.38. The minimum Gasteiger partial charge on any atom is -0.462 e. The molecule has 0 aromatic carbocycles. The number of esters is 1. The van der Waals surface area contributed by atoms with E-state index in [-0.39, 0.29) is 12.1 Å². The minimum atomic E-state index is -1.26. The molecule has 1 aliphatic rings. The molecular formula is C13H17NO3. The van der Waals surface area contributed by atoms with Crippen LogP contribution in [0.15, 0.2) is 24.4 Å². The molecular weight excluding hydrogens is 218 g/mol. The van der Waals surface area contributed by atoms with Crippen LogP contribution < -0.4 is 0 Å². The SMILES string of the molecule is CCC1CC(C(C)(O)c2ccccn2)C(=O)O1. The second kappa shape index (κ2) is 4.45. The number of cyclic esters (lactones) is 1. The Morgan fingerprint density at radius 2 is 2.35 bits per heavy atom. The van der Waals surface area contributed by atoms with E-state index in [0.717, 1.165) is 6.42 Å². The molecule has 1 aromatic rings. The van der Waals surface area contributed by atoms with Crippen molar-refractivity contribution >= 4 is 5.97 Å². The van der Waals surface area contributed by atoms with Gasteiger partial charge < -0.3 is 9.84 Å². The molecule has 1 aromatic heterocycles. The summed E-state index contributed by atoms with van der Waals surface area (Å²) in [6.45, 7) is 3.59. The number of hydrogen-bond donors (Lipinski definition) is 1. The van der Waals surface area contributed by atoms with Crippen molar-refractivity contribution in [1.82, 2.24) is 4.98 Å². The predicted octanol–water partition coefficient (Wildman–Crippen LogP) is 1.63. The van der Waals surface area contributed by atoms with Gasteiger partial charge in [0.1, 0.15) is 11.7 Å². The molecule has 1 fully saturated rings. The van der Waals surface area contributed by atoms with Crippen molar-refractivity contribution in [2.75, 3.05) is 0 Å². The van der Waals surface area contributed by atoms with E-state index in [4.69, 9.17) is 4.74 Å². The zero-order valence-electron chi connectivity index (χ0n) is 10.1. The van der Waals surface area contributed by atoms with Gasteiger partial charge in [-0.2, -0.15) is 0 Å². The molecule has 1 saturated heterocycles. The summed E-state index contributed by atoms with van der Waals surface area (Å²) in [6.07, 6.45) is 2.86. The second-order valence-electron chi connectivity index (χ2n) is 4.62. The van der Waals surface area contributed by atoms with Crippen LogP contribution in [-0.4, -0.2) is 22.2 Å². The number of ether oxygens (including phenoxy) is 1. The Balaban J connectivity index is 2.24. The van der Waals surface area contributed by atoms with Gasteiger partial charge in [-0.25, -0.2) is 0 Å². The van der Waals surface area contributed by atoms with Gasteiger partial charge in [0.05, 0.1) is 11.6 Å². The lowest BCUT2D eigenvalue weighted by Crippen LogP contribution is -2.35. The molecule has 0 spiro atoms. The first-order valence-corrected chi connectivity index (χ1v) is 5.90. The number of aliphatic hydroxyl groups is 1. The highest BCUT2D eigenvalue weighted by Gasteiger charge is 2.46. The summed E-state index contributed by atoms with van der Waals surface area (Å²) in [5.74, 6) is -0.852. The quantitative estimate of drug-likeness (QED) is 0.809. The second-order valence-corrected chi connectivity index (χ2v) is 4.62. The Labute approximate surface area is 101 Å². The molecule has 2 heterocycles. The van der Waals surface area contributed by atoms with Gasteiger partial charge in [0.25, 0.3) is 0 Å².